The Morgan fingerprint density at radius 1 is 1.25 bits per heavy atom. The lowest BCUT2D eigenvalue weighted by Gasteiger charge is -2.29. The van der Waals surface area contributed by atoms with Crippen molar-refractivity contribution < 1.29 is 10.2 Å². The highest BCUT2D eigenvalue weighted by molar-refractivity contribution is 6.31. The van der Waals surface area contributed by atoms with Gasteiger partial charge in [0, 0.05) is 5.02 Å². The predicted octanol–water partition coefficient (Wildman–Crippen LogP) is 3.51. The number of hydrogen-bond donors (Lipinski definition) is 3. The summed E-state index contributed by atoms with van der Waals surface area (Å²) in [4.78, 5) is 0. The number of rotatable bonds is 8. The van der Waals surface area contributed by atoms with Crippen molar-refractivity contribution in [3.63, 3.8) is 0 Å². The van der Waals surface area contributed by atoms with E-state index in [-0.39, 0.29) is 0 Å². The van der Waals surface area contributed by atoms with Crippen molar-refractivity contribution in [3.8, 4) is 0 Å². The highest BCUT2D eigenvalue weighted by Crippen LogP contribution is 2.35. The Balaban J connectivity index is 3.14. The van der Waals surface area contributed by atoms with Gasteiger partial charge in [-0.1, -0.05) is 44.4 Å². The van der Waals surface area contributed by atoms with E-state index in [1.165, 1.54) is 0 Å². The van der Waals surface area contributed by atoms with Crippen molar-refractivity contribution in [1.82, 2.24) is 0 Å². The van der Waals surface area contributed by atoms with Gasteiger partial charge in [0.05, 0.1) is 11.7 Å². The molecule has 0 aliphatic carbocycles. The van der Waals surface area contributed by atoms with Gasteiger partial charge in [0.1, 0.15) is 0 Å². The summed E-state index contributed by atoms with van der Waals surface area (Å²) in [6.45, 7) is 4.51. The Hall–Kier alpha value is -0.610. The molecule has 0 saturated carbocycles. The SMILES string of the molecule is CCCC(O)(CCC)c1ccc(Cl)c(C(O)CCN)c1. The van der Waals surface area contributed by atoms with Crippen LogP contribution in [0.15, 0.2) is 18.2 Å². The minimum atomic E-state index is -0.842. The molecule has 4 heteroatoms. The molecule has 0 aromatic heterocycles. The molecule has 0 saturated heterocycles. The molecule has 4 N–H and O–H groups in total. The van der Waals surface area contributed by atoms with Gasteiger partial charge in [-0.05, 0) is 49.1 Å². The molecule has 0 radical (unpaired) electrons. The van der Waals surface area contributed by atoms with Crippen molar-refractivity contribution >= 4 is 11.6 Å². The summed E-state index contributed by atoms with van der Waals surface area (Å²) in [6, 6.07) is 5.43. The zero-order chi connectivity index (χ0) is 15.2. The normalized spacial score (nSPS) is 13.5. The van der Waals surface area contributed by atoms with Crippen LogP contribution in [-0.2, 0) is 5.60 Å². The smallest absolute Gasteiger partial charge is 0.0896 e. The maximum absolute atomic E-state index is 10.9. The van der Waals surface area contributed by atoms with Gasteiger partial charge in [0.15, 0.2) is 0 Å². The van der Waals surface area contributed by atoms with Gasteiger partial charge >= 0.3 is 0 Å². The Morgan fingerprint density at radius 2 is 1.85 bits per heavy atom. The van der Waals surface area contributed by atoms with Crippen LogP contribution in [-0.4, -0.2) is 16.8 Å². The van der Waals surface area contributed by atoms with Crippen LogP contribution in [0.5, 0.6) is 0 Å². The predicted molar refractivity (Wildman–Crippen MR) is 83.8 cm³/mol. The Kier molecular flexibility index (Phi) is 6.96. The Labute approximate surface area is 126 Å². The van der Waals surface area contributed by atoms with E-state index in [2.05, 4.69) is 13.8 Å². The molecule has 1 rings (SSSR count). The first kappa shape index (κ1) is 17.4. The van der Waals surface area contributed by atoms with Gasteiger partial charge in [0.2, 0.25) is 0 Å². The molecule has 1 aromatic rings. The number of aliphatic hydroxyl groups is 2. The van der Waals surface area contributed by atoms with Crippen molar-refractivity contribution in [2.24, 2.45) is 5.73 Å². The van der Waals surface area contributed by atoms with Gasteiger partial charge in [-0.15, -0.1) is 0 Å². The molecule has 0 bridgehead atoms. The molecular formula is C16H26ClNO2. The highest BCUT2D eigenvalue weighted by Gasteiger charge is 2.28. The largest absolute Gasteiger partial charge is 0.388 e. The van der Waals surface area contributed by atoms with Crippen LogP contribution in [0.1, 0.15) is 63.2 Å². The van der Waals surface area contributed by atoms with E-state index in [0.717, 1.165) is 18.4 Å². The minimum absolute atomic E-state index is 0.399. The molecule has 0 aliphatic rings. The maximum atomic E-state index is 10.9. The number of hydrogen-bond acceptors (Lipinski definition) is 3. The van der Waals surface area contributed by atoms with Crippen LogP contribution < -0.4 is 5.73 Å². The fourth-order valence-corrected chi connectivity index (χ4v) is 2.89. The molecule has 1 atom stereocenters. The first-order valence-corrected chi connectivity index (χ1v) is 7.76. The minimum Gasteiger partial charge on any atom is -0.388 e. The highest BCUT2D eigenvalue weighted by atomic mass is 35.5. The molecule has 0 spiro atoms. The Morgan fingerprint density at radius 3 is 2.35 bits per heavy atom. The van der Waals surface area contributed by atoms with E-state index >= 15 is 0 Å². The first-order chi connectivity index (χ1) is 9.48. The van der Waals surface area contributed by atoms with Crippen molar-refractivity contribution in [2.75, 3.05) is 6.54 Å². The van der Waals surface area contributed by atoms with Crippen LogP contribution in [0.3, 0.4) is 0 Å². The second kappa shape index (κ2) is 7.99. The third-order valence-electron chi connectivity index (χ3n) is 3.66. The third-order valence-corrected chi connectivity index (χ3v) is 4.00. The summed E-state index contributed by atoms with van der Waals surface area (Å²) in [5.41, 5.74) is 6.12. The van der Waals surface area contributed by atoms with E-state index in [1.807, 2.05) is 12.1 Å². The zero-order valence-electron chi connectivity index (χ0n) is 12.4. The average Bonchev–Trinajstić information content (AvgIpc) is 2.39. The second-order valence-electron chi connectivity index (χ2n) is 5.36. The van der Waals surface area contributed by atoms with Gasteiger partial charge < -0.3 is 15.9 Å². The molecule has 114 valence electrons. The molecular weight excluding hydrogens is 274 g/mol. The van der Waals surface area contributed by atoms with Crippen molar-refractivity contribution in [2.45, 2.75) is 57.7 Å². The number of benzene rings is 1. The van der Waals surface area contributed by atoms with Gasteiger partial charge in [-0.3, -0.25) is 0 Å². The van der Waals surface area contributed by atoms with Gasteiger partial charge in [-0.25, -0.2) is 0 Å². The molecule has 20 heavy (non-hydrogen) atoms. The average molecular weight is 300 g/mol. The van der Waals surface area contributed by atoms with Gasteiger partial charge in [0.25, 0.3) is 0 Å². The molecule has 0 heterocycles. The second-order valence-corrected chi connectivity index (χ2v) is 5.77. The van der Waals surface area contributed by atoms with E-state index in [4.69, 9.17) is 17.3 Å². The molecule has 1 aromatic carbocycles. The molecule has 0 fully saturated rings. The molecule has 0 aliphatic heterocycles. The lowest BCUT2D eigenvalue weighted by molar-refractivity contribution is 0.0167. The van der Waals surface area contributed by atoms with E-state index < -0.39 is 11.7 Å². The maximum Gasteiger partial charge on any atom is 0.0896 e. The van der Waals surface area contributed by atoms with E-state index in [9.17, 15) is 10.2 Å². The lowest BCUT2D eigenvalue weighted by atomic mass is 9.84. The monoisotopic (exact) mass is 299 g/mol. The van der Waals surface area contributed by atoms with Crippen LogP contribution in [0, 0.1) is 0 Å². The van der Waals surface area contributed by atoms with E-state index in [0.29, 0.717) is 36.4 Å². The summed E-state index contributed by atoms with van der Waals surface area (Å²) in [5.74, 6) is 0. The topological polar surface area (TPSA) is 66.5 Å². The van der Waals surface area contributed by atoms with Crippen LogP contribution in [0.4, 0.5) is 0 Å². The van der Waals surface area contributed by atoms with Crippen LogP contribution in [0.2, 0.25) is 5.02 Å². The molecule has 3 nitrogen and oxygen atoms in total. The summed E-state index contributed by atoms with van der Waals surface area (Å²) in [6.07, 6.45) is 2.99. The summed E-state index contributed by atoms with van der Waals surface area (Å²) < 4.78 is 0. The fourth-order valence-electron chi connectivity index (χ4n) is 2.64. The number of nitrogens with two attached hydrogens (primary N) is 1. The standard InChI is InChI=1S/C16H26ClNO2/c1-3-8-16(20,9-4-2)12-5-6-14(17)13(11-12)15(19)7-10-18/h5-6,11,15,19-20H,3-4,7-10,18H2,1-2H3. The summed E-state index contributed by atoms with van der Waals surface area (Å²) >= 11 is 6.15. The van der Waals surface area contributed by atoms with E-state index in [1.54, 1.807) is 6.07 Å². The summed E-state index contributed by atoms with van der Waals surface area (Å²) in [5, 5.41) is 21.5. The fraction of sp³-hybridized carbons (Fsp3) is 0.625. The Bertz CT molecular complexity index is 417. The zero-order valence-corrected chi connectivity index (χ0v) is 13.2. The summed E-state index contributed by atoms with van der Waals surface area (Å²) in [7, 11) is 0. The van der Waals surface area contributed by atoms with Crippen molar-refractivity contribution in [3.05, 3.63) is 34.3 Å². The van der Waals surface area contributed by atoms with Crippen LogP contribution in [0.25, 0.3) is 0 Å². The van der Waals surface area contributed by atoms with Gasteiger partial charge in [-0.2, -0.15) is 0 Å². The third kappa shape index (κ3) is 4.19. The first-order valence-electron chi connectivity index (χ1n) is 7.39. The van der Waals surface area contributed by atoms with Crippen molar-refractivity contribution in [1.29, 1.82) is 0 Å². The quantitative estimate of drug-likeness (QED) is 0.688. The number of halogens is 1. The number of aliphatic hydroxyl groups excluding tert-OH is 1. The molecule has 0 amide bonds. The molecule has 1 unspecified atom stereocenters. The van der Waals surface area contributed by atoms with Crippen LogP contribution >= 0.6 is 11.6 Å². The lowest BCUT2D eigenvalue weighted by Crippen LogP contribution is -2.25.